The van der Waals surface area contributed by atoms with E-state index in [9.17, 15) is 14.7 Å². The van der Waals surface area contributed by atoms with Gasteiger partial charge in [-0.05, 0) is 25.3 Å². The Kier molecular flexibility index (Phi) is 12.3. The minimum absolute atomic E-state index is 0.00332. The summed E-state index contributed by atoms with van der Waals surface area (Å²) in [5.41, 5.74) is 0. The van der Waals surface area contributed by atoms with Crippen molar-refractivity contribution in [3.05, 3.63) is 12.7 Å². The van der Waals surface area contributed by atoms with Crippen molar-refractivity contribution in [2.24, 2.45) is 0 Å². The summed E-state index contributed by atoms with van der Waals surface area (Å²) in [4.78, 5) is 23.6. The van der Waals surface area contributed by atoms with Gasteiger partial charge in [0.25, 0.3) is 0 Å². The molecule has 0 heterocycles. The molecule has 0 unspecified atom stereocenters. The number of nitrogens with zero attached hydrogens (tertiary/aromatic N) is 2. The molecule has 0 bridgehead atoms. The quantitative estimate of drug-likeness (QED) is 0.260. The van der Waals surface area contributed by atoms with Gasteiger partial charge < -0.3 is 19.3 Å². The Labute approximate surface area is 147 Å². The maximum Gasteiger partial charge on any atom is 0.245 e. The number of amides is 1. The third-order valence-electron chi connectivity index (χ3n) is 4.36. The van der Waals surface area contributed by atoms with Gasteiger partial charge in [0.15, 0.2) is 0 Å². The summed E-state index contributed by atoms with van der Waals surface area (Å²) in [5.74, 6) is -0.975. The Balaban J connectivity index is 3.38. The molecule has 0 N–H and O–H groups in total. The number of hydrogen-bond acceptors (Lipinski definition) is 3. The Morgan fingerprint density at radius 3 is 1.88 bits per heavy atom. The smallest absolute Gasteiger partial charge is 0.245 e. The lowest BCUT2D eigenvalue weighted by molar-refractivity contribution is -0.885. The van der Waals surface area contributed by atoms with Gasteiger partial charge >= 0.3 is 0 Å². The number of carbonyl (C=O) groups is 2. The van der Waals surface area contributed by atoms with E-state index in [0.717, 1.165) is 25.9 Å². The molecule has 5 nitrogen and oxygen atoms in total. The van der Waals surface area contributed by atoms with Crippen LogP contribution in [0.5, 0.6) is 0 Å². The third-order valence-corrected chi connectivity index (χ3v) is 4.36. The van der Waals surface area contributed by atoms with E-state index in [1.165, 1.54) is 51.0 Å². The third kappa shape index (κ3) is 13.1. The Bertz CT molecular complexity index is 381. The zero-order valence-electron chi connectivity index (χ0n) is 15.9. The fourth-order valence-corrected chi connectivity index (χ4v) is 2.82. The van der Waals surface area contributed by atoms with Gasteiger partial charge in [0.2, 0.25) is 5.91 Å². The molecule has 0 aromatic heterocycles. The molecule has 0 fully saturated rings. The number of carboxylic acid groups (broad SMARTS) is 1. The van der Waals surface area contributed by atoms with Gasteiger partial charge in [-0.15, -0.1) is 0 Å². The van der Waals surface area contributed by atoms with E-state index in [1.807, 2.05) is 21.1 Å². The predicted octanol–water partition coefficient (Wildman–Crippen LogP) is 1.97. The first-order valence-corrected chi connectivity index (χ1v) is 9.18. The molecule has 0 atom stereocenters. The van der Waals surface area contributed by atoms with Crippen molar-refractivity contribution >= 4 is 11.9 Å². The number of likely N-dealkylation sites (N-methyl/N-ethyl adjacent to an activating group) is 2. The van der Waals surface area contributed by atoms with Crippen LogP contribution in [0.3, 0.4) is 0 Å². The second kappa shape index (κ2) is 13.0. The molecular formula is C19H36N2O3. The van der Waals surface area contributed by atoms with E-state index in [2.05, 4.69) is 6.58 Å². The van der Waals surface area contributed by atoms with E-state index < -0.39 is 5.97 Å². The summed E-state index contributed by atoms with van der Waals surface area (Å²) in [6, 6.07) is 0. The minimum atomic E-state index is -0.972. The highest BCUT2D eigenvalue weighted by Gasteiger charge is 2.14. The van der Waals surface area contributed by atoms with Crippen LogP contribution in [-0.4, -0.2) is 62.0 Å². The second-order valence-electron chi connectivity index (χ2n) is 7.34. The van der Waals surface area contributed by atoms with Gasteiger partial charge in [0.05, 0.1) is 26.6 Å². The summed E-state index contributed by atoms with van der Waals surface area (Å²) in [7, 11) is 5.70. The second-order valence-corrected chi connectivity index (χ2v) is 7.34. The van der Waals surface area contributed by atoms with Crippen LogP contribution in [0.1, 0.15) is 57.8 Å². The molecule has 0 saturated carbocycles. The Hall–Kier alpha value is -1.36. The monoisotopic (exact) mass is 340 g/mol. The molecule has 0 aliphatic carbocycles. The lowest BCUT2D eigenvalue weighted by Gasteiger charge is -2.30. The summed E-state index contributed by atoms with van der Waals surface area (Å²) < 4.78 is 0.505. The lowest BCUT2D eigenvalue weighted by Crippen LogP contribution is -2.48. The van der Waals surface area contributed by atoms with Crippen LogP contribution in [0.25, 0.3) is 0 Å². The topological polar surface area (TPSA) is 60.4 Å². The molecule has 0 spiro atoms. The molecule has 0 aromatic carbocycles. The predicted molar refractivity (Wildman–Crippen MR) is 96.2 cm³/mol. The fourth-order valence-electron chi connectivity index (χ4n) is 2.82. The first-order valence-electron chi connectivity index (χ1n) is 9.18. The molecule has 0 aromatic rings. The number of carboxylic acids is 1. The molecule has 140 valence electrons. The first-order chi connectivity index (χ1) is 11.3. The summed E-state index contributed by atoms with van der Waals surface area (Å²) >= 11 is 0. The van der Waals surface area contributed by atoms with Gasteiger partial charge in [-0.25, -0.2) is 0 Å². The summed E-state index contributed by atoms with van der Waals surface area (Å²) in [6.07, 6.45) is 12.1. The van der Waals surface area contributed by atoms with Gasteiger partial charge in [-0.2, -0.15) is 0 Å². The van der Waals surface area contributed by atoms with Crippen molar-refractivity contribution in [2.45, 2.75) is 57.8 Å². The van der Waals surface area contributed by atoms with Crippen molar-refractivity contribution in [1.29, 1.82) is 0 Å². The maximum atomic E-state index is 11.3. The Morgan fingerprint density at radius 1 is 0.958 bits per heavy atom. The van der Waals surface area contributed by atoms with Crippen LogP contribution in [0, 0.1) is 0 Å². The van der Waals surface area contributed by atoms with E-state index in [0.29, 0.717) is 4.48 Å². The SMILES string of the molecule is C=CC(=O)N(C)CCCCCCCCCCC[N+](C)(C)CC(=O)[O-]. The molecule has 0 aliphatic heterocycles. The molecule has 5 heteroatoms. The molecular weight excluding hydrogens is 304 g/mol. The van der Waals surface area contributed by atoms with Crippen LogP contribution >= 0.6 is 0 Å². The van der Waals surface area contributed by atoms with Crippen molar-refractivity contribution in [3.8, 4) is 0 Å². The van der Waals surface area contributed by atoms with Crippen LogP contribution in [0.15, 0.2) is 12.7 Å². The molecule has 0 rings (SSSR count). The normalized spacial score (nSPS) is 11.3. The lowest BCUT2D eigenvalue weighted by atomic mass is 10.1. The van der Waals surface area contributed by atoms with Gasteiger partial charge in [-0.3, -0.25) is 4.79 Å². The van der Waals surface area contributed by atoms with Crippen LogP contribution in [-0.2, 0) is 9.59 Å². The molecule has 24 heavy (non-hydrogen) atoms. The van der Waals surface area contributed by atoms with Crippen LogP contribution in [0.2, 0.25) is 0 Å². The number of quaternary nitrogens is 1. The maximum absolute atomic E-state index is 11.3. The first kappa shape index (κ1) is 22.6. The van der Waals surface area contributed by atoms with Crippen LogP contribution < -0.4 is 5.11 Å². The summed E-state index contributed by atoms with van der Waals surface area (Å²) in [6.45, 7) is 5.28. The molecule has 0 aliphatic rings. The van der Waals surface area contributed by atoms with E-state index in [4.69, 9.17) is 0 Å². The zero-order chi connectivity index (χ0) is 18.4. The average Bonchev–Trinajstić information content (AvgIpc) is 2.50. The highest BCUT2D eigenvalue weighted by Crippen LogP contribution is 2.11. The highest BCUT2D eigenvalue weighted by molar-refractivity contribution is 5.86. The summed E-state index contributed by atoms with van der Waals surface area (Å²) in [5, 5.41) is 10.6. The van der Waals surface area contributed by atoms with E-state index in [-0.39, 0.29) is 12.5 Å². The van der Waals surface area contributed by atoms with E-state index >= 15 is 0 Å². The van der Waals surface area contributed by atoms with Crippen molar-refractivity contribution in [2.75, 3.05) is 40.8 Å². The van der Waals surface area contributed by atoms with E-state index in [1.54, 1.807) is 4.90 Å². The fraction of sp³-hybridized carbons (Fsp3) is 0.789. The molecule has 0 radical (unpaired) electrons. The number of hydrogen-bond donors (Lipinski definition) is 0. The van der Waals surface area contributed by atoms with Crippen molar-refractivity contribution in [3.63, 3.8) is 0 Å². The Morgan fingerprint density at radius 2 is 1.42 bits per heavy atom. The standard InChI is InChI=1S/C19H36N2O3/c1-5-18(22)20(2)15-13-11-9-7-6-8-10-12-14-16-21(3,4)17-19(23)24/h5H,1,6-17H2,2-4H3. The number of carbonyl (C=O) groups excluding carboxylic acids is 2. The van der Waals surface area contributed by atoms with Crippen molar-refractivity contribution < 1.29 is 19.2 Å². The minimum Gasteiger partial charge on any atom is -0.544 e. The molecule has 0 saturated heterocycles. The zero-order valence-corrected chi connectivity index (χ0v) is 15.9. The van der Waals surface area contributed by atoms with Gasteiger partial charge in [-0.1, -0.05) is 45.1 Å². The number of rotatable bonds is 15. The van der Waals surface area contributed by atoms with Gasteiger partial charge in [0, 0.05) is 13.6 Å². The number of aliphatic carboxylic acids is 1. The highest BCUT2D eigenvalue weighted by atomic mass is 16.4. The van der Waals surface area contributed by atoms with Crippen molar-refractivity contribution in [1.82, 2.24) is 4.90 Å². The average molecular weight is 341 g/mol. The largest absolute Gasteiger partial charge is 0.544 e. The van der Waals surface area contributed by atoms with Crippen LogP contribution in [0.4, 0.5) is 0 Å². The van der Waals surface area contributed by atoms with Gasteiger partial charge in [0.1, 0.15) is 6.54 Å². The number of unbranched alkanes of at least 4 members (excludes halogenated alkanes) is 8. The molecule has 1 amide bonds.